The molecule has 0 spiro atoms. The Balaban J connectivity index is 1.74. The topological polar surface area (TPSA) is 54.3 Å². The highest BCUT2D eigenvalue weighted by Gasteiger charge is 2.33. The average Bonchev–Trinajstić information content (AvgIpc) is 3.09. The van der Waals surface area contributed by atoms with Crippen molar-refractivity contribution in [1.82, 2.24) is 5.43 Å². The molecule has 134 valence electrons. The monoisotopic (exact) mass is 380 g/mol. The van der Waals surface area contributed by atoms with Crippen molar-refractivity contribution in [3.8, 4) is 11.3 Å². The van der Waals surface area contributed by atoms with E-state index in [9.17, 15) is 18.0 Å². The maximum absolute atomic E-state index is 12.9. The number of furan rings is 1. The number of carbonyl (C=O) groups excluding carboxylic acids is 1. The first kappa shape index (κ1) is 17.9. The van der Waals surface area contributed by atoms with Gasteiger partial charge in [-0.25, -0.2) is 0 Å². The summed E-state index contributed by atoms with van der Waals surface area (Å²) in [5, 5.41) is 0.450. The molecule has 8 heteroatoms. The maximum Gasteiger partial charge on any atom is 0.418 e. The summed E-state index contributed by atoms with van der Waals surface area (Å²) in [6, 6.07) is 14.7. The molecule has 0 saturated carbocycles. The summed E-state index contributed by atoms with van der Waals surface area (Å²) < 4.78 is 44.3. The van der Waals surface area contributed by atoms with E-state index in [1.807, 2.05) is 0 Å². The van der Waals surface area contributed by atoms with E-state index in [0.717, 1.165) is 6.07 Å². The summed E-state index contributed by atoms with van der Waals surface area (Å²) in [7, 11) is 0. The van der Waals surface area contributed by atoms with Crippen molar-refractivity contribution in [1.29, 1.82) is 0 Å². The molecular formula is C18H12ClF3N2O2. The van der Waals surface area contributed by atoms with E-state index in [-0.39, 0.29) is 11.4 Å². The number of nitrogens with one attached hydrogen (secondary N) is 2. The number of anilines is 1. The summed E-state index contributed by atoms with van der Waals surface area (Å²) in [5.74, 6) is -0.423. The zero-order valence-electron chi connectivity index (χ0n) is 13.1. The van der Waals surface area contributed by atoms with Crippen molar-refractivity contribution in [3.63, 3.8) is 0 Å². The van der Waals surface area contributed by atoms with Crippen LogP contribution in [0.4, 0.5) is 18.9 Å². The van der Waals surface area contributed by atoms with E-state index in [2.05, 4.69) is 10.9 Å². The molecule has 2 N–H and O–H groups in total. The molecule has 0 unspecified atom stereocenters. The average molecular weight is 381 g/mol. The van der Waals surface area contributed by atoms with Gasteiger partial charge >= 0.3 is 12.1 Å². The number of carbonyl (C=O) groups is 1. The summed E-state index contributed by atoms with van der Waals surface area (Å²) in [6.07, 6.45) is -4.55. The summed E-state index contributed by atoms with van der Waals surface area (Å²) in [6.45, 7) is 0. The number of hydrogen-bond donors (Lipinski definition) is 2. The van der Waals surface area contributed by atoms with Crippen molar-refractivity contribution >= 4 is 23.2 Å². The smallest absolute Gasteiger partial charge is 0.418 e. The van der Waals surface area contributed by atoms with Crippen LogP contribution in [0.2, 0.25) is 5.02 Å². The summed E-state index contributed by atoms with van der Waals surface area (Å²) >= 11 is 6.07. The van der Waals surface area contributed by atoms with Crippen LogP contribution in [0, 0.1) is 0 Å². The number of para-hydroxylation sites is 1. The fourth-order valence-electron chi connectivity index (χ4n) is 2.29. The zero-order valence-corrected chi connectivity index (χ0v) is 13.9. The SMILES string of the molecule is O=C(NNc1ccccc1C(F)(F)F)c1ccc(-c2ccccc2Cl)o1. The Labute approximate surface area is 151 Å². The van der Waals surface area contributed by atoms with Crippen molar-refractivity contribution in [3.05, 3.63) is 77.0 Å². The molecule has 26 heavy (non-hydrogen) atoms. The molecule has 0 bridgehead atoms. The quantitative estimate of drug-likeness (QED) is 0.598. The Hall–Kier alpha value is -2.93. The van der Waals surface area contributed by atoms with Crippen molar-refractivity contribution in [2.75, 3.05) is 5.43 Å². The first-order valence-electron chi connectivity index (χ1n) is 7.43. The van der Waals surface area contributed by atoms with Gasteiger partial charge in [0.25, 0.3) is 0 Å². The predicted octanol–water partition coefficient (Wildman–Crippen LogP) is 5.38. The molecule has 0 atom stereocenters. The fraction of sp³-hybridized carbons (Fsp3) is 0.0556. The maximum atomic E-state index is 12.9. The Morgan fingerprint density at radius 2 is 1.65 bits per heavy atom. The second-order valence-electron chi connectivity index (χ2n) is 5.27. The molecule has 0 saturated heterocycles. The molecule has 4 nitrogen and oxygen atoms in total. The van der Waals surface area contributed by atoms with Gasteiger partial charge in [0.15, 0.2) is 5.76 Å². The third-order valence-electron chi connectivity index (χ3n) is 3.51. The molecule has 0 radical (unpaired) electrons. The highest BCUT2D eigenvalue weighted by molar-refractivity contribution is 6.33. The van der Waals surface area contributed by atoms with E-state index in [0.29, 0.717) is 16.3 Å². The summed E-state index contributed by atoms with van der Waals surface area (Å²) in [5.41, 5.74) is 3.90. The number of hydrazine groups is 1. The molecule has 1 heterocycles. The lowest BCUT2D eigenvalue weighted by atomic mass is 10.2. The van der Waals surface area contributed by atoms with E-state index in [1.165, 1.54) is 24.3 Å². The fourth-order valence-corrected chi connectivity index (χ4v) is 2.52. The molecule has 3 rings (SSSR count). The van der Waals surface area contributed by atoms with E-state index < -0.39 is 17.6 Å². The number of rotatable bonds is 4. The van der Waals surface area contributed by atoms with Gasteiger partial charge in [0.1, 0.15) is 5.76 Å². The van der Waals surface area contributed by atoms with Crippen LogP contribution in [0.25, 0.3) is 11.3 Å². The van der Waals surface area contributed by atoms with Crippen LogP contribution in [0.3, 0.4) is 0 Å². The minimum Gasteiger partial charge on any atom is -0.451 e. The van der Waals surface area contributed by atoms with Crippen molar-refractivity contribution in [2.24, 2.45) is 0 Å². The van der Waals surface area contributed by atoms with Crippen LogP contribution in [0.15, 0.2) is 65.1 Å². The Kier molecular flexibility index (Phi) is 4.90. The number of benzene rings is 2. The van der Waals surface area contributed by atoms with Crippen LogP contribution in [-0.2, 0) is 6.18 Å². The molecule has 1 amide bonds. The van der Waals surface area contributed by atoms with Gasteiger partial charge in [-0.2, -0.15) is 13.2 Å². The third-order valence-corrected chi connectivity index (χ3v) is 3.84. The van der Waals surface area contributed by atoms with Gasteiger partial charge in [0.2, 0.25) is 0 Å². The van der Waals surface area contributed by atoms with Crippen LogP contribution >= 0.6 is 11.6 Å². The van der Waals surface area contributed by atoms with Crippen molar-refractivity contribution < 1.29 is 22.4 Å². The lowest BCUT2D eigenvalue weighted by molar-refractivity contribution is -0.137. The molecule has 0 fully saturated rings. The predicted molar refractivity (Wildman–Crippen MR) is 91.7 cm³/mol. The van der Waals surface area contributed by atoms with E-state index in [4.69, 9.17) is 16.0 Å². The Bertz CT molecular complexity index is 938. The Morgan fingerprint density at radius 3 is 2.38 bits per heavy atom. The van der Waals surface area contributed by atoms with Crippen LogP contribution in [0.5, 0.6) is 0 Å². The molecule has 0 aliphatic carbocycles. The van der Waals surface area contributed by atoms with Gasteiger partial charge in [-0.05, 0) is 36.4 Å². The van der Waals surface area contributed by atoms with E-state index in [1.54, 1.807) is 30.3 Å². The lowest BCUT2D eigenvalue weighted by Crippen LogP contribution is -2.30. The third kappa shape index (κ3) is 3.83. The number of hydrogen-bond acceptors (Lipinski definition) is 3. The van der Waals surface area contributed by atoms with Gasteiger partial charge in [0.05, 0.1) is 16.3 Å². The largest absolute Gasteiger partial charge is 0.451 e. The van der Waals surface area contributed by atoms with Crippen molar-refractivity contribution in [2.45, 2.75) is 6.18 Å². The second-order valence-corrected chi connectivity index (χ2v) is 5.67. The van der Waals surface area contributed by atoms with Gasteiger partial charge < -0.3 is 4.42 Å². The highest BCUT2D eigenvalue weighted by Crippen LogP contribution is 2.34. The van der Waals surface area contributed by atoms with Gasteiger partial charge in [0, 0.05) is 5.56 Å². The van der Waals surface area contributed by atoms with Crippen LogP contribution < -0.4 is 10.9 Å². The highest BCUT2D eigenvalue weighted by atomic mass is 35.5. The number of halogens is 4. The molecular weight excluding hydrogens is 369 g/mol. The van der Waals surface area contributed by atoms with Gasteiger partial charge in [-0.3, -0.25) is 15.6 Å². The Morgan fingerprint density at radius 1 is 0.962 bits per heavy atom. The van der Waals surface area contributed by atoms with Gasteiger partial charge in [-0.15, -0.1) is 0 Å². The number of amides is 1. The van der Waals surface area contributed by atoms with Gasteiger partial charge in [-0.1, -0.05) is 35.9 Å². The minimum atomic E-state index is -4.55. The minimum absolute atomic E-state index is 0.0723. The molecule has 1 aromatic heterocycles. The molecule has 0 aliphatic rings. The molecule has 2 aromatic carbocycles. The lowest BCUT2D eigenvalue weighted by Gasteiger charge is -2.14. The molecule has 0 aliphatic heterocycles. The zero-order chi connectivity index (χ0) is 18.7. The first-order chi connectivity index (χ1) is 12.4. The van der Waals surface area contributed by atoms with Crippen LogP contribution in [0.1, 0.15) is 16.1 Å². The molecule has 3 aromatic rings. The van der Waals surface area contributed by atoms with E-state index >= 15 is 0 Å². The summed E-state index contributed by atoms with van der Waals surface area (Å²) in [4.78, 5) is 12.1. The second kappa shape index (κ2) is 7.13. The number of alkyl halides is 3. The normalized spacial score (nSPS) is 11.2. The standard InChI is InChI=1S/C18H12ClF3N2O2/c19-13-7-3-1-5-11(13)15-9-10-16(26-15)17(25)24-23-14-8-4-2-6-12(14)18(20,21)22/h1-10,23H,(H,24,25). The first-order valence-corrected chi connectivity index (χ1v) is 7.81. The van der Waals surface area contributed by atoms with Crippen LogP contribution in [-0.4, -0.2) is 5.91 Å².